The number of unbranched alkanes of at least 4 members (excludes halogenated alkanes) is 5. The lowest BCUT2D eigenvalue weighted by atomic mass is 10.1. The molecule has 4 aromatic rings. The first kappa shape index (κ1) is 25.2. The van der Waals surface area contributed by atoms with E-state index in [1.54, 1.807) is 9.59 Å². The maximum absolute atomic E-state index is 4.51. The zero-order chi connectivity index (χ0) is 25.0. The van der Waals surface area contributed by atoms with Gasteiger partial charge in [0.25, 0.3) is 0 Å². The quantitative estimate of drug-likeness (QED) is 0.217. The minimum absolute atomic E-state index is 0.635. The van der Waals surface area contributed by atoms with E-state index < -0.39 is 0 Å². The Balaban J connectivity index is 1.06. The van der Waals surface area contributed by atoms with Gasteiger partial charge in [0.2, 0.25) is 0 Å². The molecule has 0 saturated carbocycles. The van der Waals surface area contributed by atoms with Crippen molar-refractivity contribution in [1.82, 2.24) is 40.4 Å². The van der Waals surface area contributed by atoms with Crippen LogP contribution in [0, 0.1) is 0 Å². The zero-order valence-electron chi connectivity index (χ0n) is 20.8. The number of benzene rings is 2. The second kappa shape index (κ2) is 13.2. The fourth-order valence-corrected chi connectivity index (χ4v) is 4.01. The summed E-state index contributed by atoms with van der Waals surface area (Å²) in [5.41, 5.74) is 4.52. The molecule has 8 heteroatoms. The van der Waals surface area contributed by atoms with Crippen LogP contribution in [-0.4, -0.2) is 40.4 Å². The van der Waals surface area contributed by atoms with Gasteiger partial charge in [-0.3, -0.25) is 0 Å². The van der Waals surface area contributed by atoms with E-state index >= 15 is 0 Å². The molecule has 0 bridgehead atoms. The third-order valence-corrected chi connectivity index (χ3v) is 6.12. The highest BCUT2D eigenvalue weighted by molar-refractivity contribution is 5.47. The van der Waals surface area contributed by atoms with Crippen LogP contribution in [0.4, 0.5) is 0 Å². The van der Waals surface area contributed by atoms with E-state index in [0.717, 1.165) is 59.6 Å². The summed E-state index contributed by atoms with van der Waals surface area (Å²) in [5, 5.41) is 25.8. The number of rotatable bonds is 15. The van der Waals surface area contributed by atoms with Crippen LogP contribution >= 0.6 is 0 Å². The minimum atomic E-state index is 0.635. The Bertz CT molecular complexity index is 1120. The van der Waals surface area contributed by atoms with Gasteiger partial charge in [0.15, 0.2) is 11.6 Å². The van der Waals surface area contributed by atoms with Gasteiger partial charge < -0.3 is 0 Å². The van der Waals surface area contributed by atoms with E-state index in [2.05, 4.69) is 68.2 Å². The van der Waals surface area contributed by atoms with Crippen LogP contribution in [0.3, 0.4) is 0 Å². The summed E-state index contributed by atoms with van der Waals surface area (Å²) >= 11 is 0. The molecule has 0 saturated heterocycles. The summed E-state index contributed by atoms with van der Waals surface area (Å²) in [6, 6.07) is 16.5. The Morgan fingerprint density at radius 1 is 0.556 bits per heavy atom. The maximum atomic E-state index is 4.51. The van der Waals surface area contributed by atoms with Crippen molar-refractivity contribution in [3.63, 3.8) is 0 Å². The molecule has 0 spiro atoms. The van der Waals surface area contributed by atoms with E-state index in [-0.39, 0.29) is 0 Å². The first-order chi connectivity index (χ1) is 17.7. The smallest absolute Gasteiger partial charge is 0.160 e. The molecule has 0 atom stereocenters. The van der Waals surface area contributed by atoms with Crippen LogP contribution in [-0.2, 0) is 25.9 Å². The number of tetrazole rings is 2. The van der Waals surface area contributed by atoms with Gasteiger partial charge in [0.05, 0.1) is 13.1 Å². The van der Waals surface area contributed by atoms with Gasteiger partial charge in [0, 0.05) is 12.8 Å². The van der Waals surface area contributed by atoms with E-state index in [4.69, 9.17) is 0 Å². The maximum Gasteiger partial charge on any atom is 0.174 e. The molecule has 8 nitrogen and oxygen atoms in total. The molecule has 0 radical (unpaired) electrons. The zero-order valence-corrected chi connectivity index (χ0v) is 20.8. The van der Waals surface area contributed by atoms with Gasteiger partial charge in [-0.15, -0.1) is 20.4 Å². The lowest BCUT2D eigenvalue weighted by Gasteiger charge is -2.01. The van der Waals surface area contributed by atoms with E-state index in [1.807, 2.05) is 36.4 Å². The molecule has 0 unspecified atom stereocenters. The molecular formula is C28H34N8. The van der Waals surface area contributed by atoms with E-state index in [1.165, 1.54) is 25.7 Å². The normalized spacial score (nSPS) is 11.0. The Hall–Kier alpha value is -3.94. The van der Waals surface area contributed by atoms with Crippen LogP contribution in [0.2, 0.25) is 0 Å². The number of aryl methyl sites for hydroxylation is 2. The number of nitrogens with zero attached hydrogens (tertiary/aromatic N) is 8. The Morgan fingerprint density at radius 3 is 1.33 bits per heavy atom. The SMILES string of the molecule is C=Cc1ccc(Cn2nnc(CCCCCCCCc3nnn(Cc4ccc(C=C)cc4)n3)n2)cc1. The monoisotopic (exact) mass is 482 g/mol. The third kappa shape index (κ3) is 7.80. The Kier molecular flexibility index (Phi) is 9.25. The van der Waals surface area contributed by atoms with Crippen molar-refractivity contribution < 1.29 is 0 Å². The predicted octanol–water partition coefficient (Wildman–Crippen LogP) is 5.17. The Labute approximate surface area is 212 Å². The lowest BCUT2D eigenvalue weighted by Crippen LogP contribution is -2.04. The molecule has 0 amide bonds. The third-order valence-electron chi connectivity index (χ3n) is 6.12. The summed E-state index contributed by atoms with van der Waals surface area (Å²) < 4.78 is 0. The second-order valence-corrected chi connectivity index (χ2v) is 8.98. The molecule has 0 aliphatic carbocycles. The van der Waals surface area contributed by atoms with Gasteiger partial charge >= 0.3 is 0 Å². The predicted molar refractivity (Wildman–Crippen MR) is 142 cm³/mol. The van der Waals surface area contributed by atoms with Gasteiger partial charge in [-0.1, -0.05) is 99.5 Å². The van der Waals surface area contributed by atoms with Gasteiger partial charge in [-0.05, 0) is 45.5 Å². The van der Waals surface area contributed by atoms with Gasteiger partial charge in [-0.2, -0.15) is 9.59 Å². The van der Waals surface area contributed by atoms with Crippen molar-refractivity contribution in [3.05, 3.63) is 95.6 Å². The van der Waals surface area contributed by atoms with Crippen molar-refractivity contribution in [2.24, 2.45) is 0 Å². The first-order valence-electron chi connectivity index (χ1n) is 12.7. The average Bonchev–Trinajstić information content (AvgIpc) is 3.55. The topological polar surface area (TPSA) is 87.2 Å². The van der Waals surface area contributed by atoms with Crippen LogP contribution in [0.25, 0.3) is 12.2 Å². The molecule has 2 heterocycles. The van der Waals surface area contributed by atoms with Crippen LogP contribution in [0.5, 0.6) is 0 Å². The molecular weight excluding hydrogens is 448 g/mol. The molecule has 2 aromatic heterocycles. The molecule has 36 heavy (non-hydrogen) atoms. The summed E-state index contributed by atoms with van der Waals surface area (Å²) in [7, 11) is 0. The summed E-state index contributed by atoms with van der Waals surface area (Å²) in [6.07, 6.45) is 12.4. The lowest BCUT2D eigenvalue weighted by molar-refractivity contribution is 0.562. The Morgan fingerprint density at radius 2 is 0.944 bits per heavy atom. The molecule has 0 aliphatic heterocycles. The van der Waals surface area contributed by atoms with Gasteiger partial charge in [0.1, 0.15) is 0 Å². The number of hydrogen-bond donors (Lipinski definition) is 0. The molecule has 4 rings (SSSR count). The fraction of sp³-hybridized carbons (Fsp3) is 0.357. The van der Waals surface area contributed by atoms with Crippen LogP contribution < -0.4 is 0 Å². The van der Waals surface area contributed by atoms with Gasteiger partial charge in [-0.25, -0.2) is 0 Å². The largest absolute Gasteiger partial charge is 0.174 e. The number of aromatic nitrogens is 8. The van der Waals surface area contributed by atoms with E-state index in [0.29, 0.717) is 13.1 Å². The summed E-state index contributed by atoms with van der Waals surface area (Å²) in [4.78, 5) is 3.34. The molecule has 0 fully saturated rings. The van der Waals surface area contributed by atoms with Crippen LogP contribution in [0.15, 0.2) is 61.7 Å². The number of hydrogen-bond acceptors (Lipinski definition) is 6. The summed E-state index contributed by atoms with van der Waals surface area (Å²) in [5.74, 6) is 1.65. The highest BCUT2D eigenvalue weighted by atomic mass is 15.6. The highest BCUT2D eigenvalue weighted by Gasteiger charge is 2.06. The van der Waals surface area contributed by atoms with Crippen molar-refractivity contribution in [1.29, 1.82) is 0 Å². The summed E-state index contributed by atoms with van der Waals surface area (Å²) in [6.45, 7) is 8.84. The van der Waals surface area contributed by atoms with E-state index in [9.17, 15) is 0 Å². The average molecular weight is 483 g/mol. The first-order valence-corrected chi connectivity index (χ1v) is 12.7. The molecule has 186 valence electrons. The molecule has 0 aliphatic rings. The van der Waals surface area contributed by atoms with Crippen molar-refractivity contribution in [3.8, 4) is 0 Å². The standard InChI is InChI=1S/C28H34N8/c1-3-23-13-17-25(18-14-23)21-35-31-27(29-33-35)11-9-7-5-6-8-10-12-28-30-34-36(32-28)22-26-19-15-24(4-2)16-20-26/h3-4,13-20H,1-2,5-12,21-22H2. The second-order valence-electron chi connectivity index (χ2n) is 8.98. The fourth-order valence-electron chi connectivity index (χ4n) is 4.01. The van der Waals surface area contributed by atoms with Crippen molar-refractivity contribution in [2.75, 3.05) is 0 Å². The highest BCUT2D eigenvalue weighted by Crippen LogP contribution is 2.11. The molecule has 2 aromatic carbocycles. The molecule has 0 N–H and O–H groups in total. The van der Waals surface area contributed by atoms with Crippen molar-refractivity contribution >= 4 is 12.2 Å². The minimum Gasteiger partial charge on any atom is -0.160 e. The van der Waals surface area contributed by atoms with Crippen molar-refractivity contribution in [2.45, 2.75) is 64.5 Å². The van der Waals surface area contributed by atoms with Crippen LogP contribution in [0.1, 0.15) is 72.4 Å².